The number of nitrogen functional groups attached to an aromatic ring is 1. The summed E-state index contributed by atoms with van der Waals surface area (Å²) in [6.45, 7) is 1.84. The third-order valence-electron chi connectivity index (χ3n) is 4.43. The van der Waals surface area contributed by atoms with Crippen molar-refractivity contribution in [1.29, 1.82) is 0 Å². The standard InChI is InChI=1S/C13H14ClF2N3O2/c1-2-21-9(20)6-7(18-11(14)19-8(6)17)12-3-13(4-12,5-12)10(15)16/h10H,2-5H2,1H3,(H2,17,18,19). The maximum Gasteiger partial charge on any atom is 0.343 e. The first-order chi connectivity index (χ1) is 9.83. The number of carbonyl (C=O) groups excluding carboxylic acids is 1. The van der Waals surface area contributed by atoms with E-state index >= 15 is 0 Å². The zero-order valence-electron chi connectivity index (χ0n) is 11.3. The third-order valence-corrected chi connectivity index (χ3v) is 4.59. The van der Waals surface area contributed by atoms with Crippen molar-refractivity contribution in [2.24, 2.45) is 5.41 Å². The van der Waals surface area contributed by atoms with Gasteiger partial charge < -0.3 is 10.5 Å². The molecule has 0 aliphatic heterocycles. The Morgan fingerprint density at radius 1 is 1.43 bits per heavy atom. The first-order valence-corrected chi connectivity index (χ1v) is 7.00. The van der Waals surface area contributed by atoms with E-state index in [0.29, 0.717) is 5.69 Å². The summed E-state index contributed by atoms with van der Waals surface area (Å²) in [5.41, 5.74) is 4.69. The molecule has 3 aliphatic rings. The number of hydrogen-bond acceptors (Lipinski definition) is 5. The Hall–Kier alpha value is -1.50. The summed E-state index contributed by atoms with van der Waals surface area (Å²) < 4.78 is 30.9. The van der Waals surface area contributed by atoms with E-state index in [1.165, 1.54) is 0 Å². The number of rotatable bonds is 4. The summed E-state index contributed by atoms with van der Waals surface area (Å²) in [5, 5.41) is -0.0913. The normalized spacial score (nSPS) is 29.8. The number of halogens is 3. The van der Waals surface area contributed by atoms with Crippen molar-refractivity contribution in [3.8, 4) is 0 Å². The fourth-order valence-corrected chi connectivity index (χ4v) is 3.76. The average Bonchev–Trinajstić information content (AvgIpc) is 2.23. The first-order valence-electron chi connectivity index (χ1n) is 6.62. The van der Waals surface area contributed by atoms with E-state index in [9.17, 15) is 13.6 Å². The van der Waals surface area contributed by atoms with Crippen LogP contribution in [0.3, 0.4) is 0 Å². The molecule has 3 aliphatic carbocycles. The fraction of sp³-hybridized carbons (Fsp3) is 0.615. The van der Waals surface area contributed by atoms with Crippen molar-refractivity contribution >= 4 is 23.4 Å². The highest BCUT2D eigenvalue weighted by Gasteiger charge is 2.73. The zero-order valence-corrected chi connectivity index (χ0v) is 12.1. The van der Waals surface area contributed by atoms with E-state index in [-0.39, 0.29) is 42.5 Å². The molecule has 8 heteroatoms. The van der Waals surface area contributed by atoms with Gasteiger partial charge >= 0.3 is 5.97 Å². The summed E-state index contributed by atoms with van der Waals surface area (Å²) >= 11 is 5.80. The van der Waals surface area contributed by atoms with Crippen molar-refractivity contribution in [2.75, 3.05) is 12.3 Å². The largest absolute Gasteiger partial charge is 0.462 e. The molecule has 3 fully saturated rings. The summed E-state index contributed by atoms with van der Waals surface area (Å²) in [7, 11) is 0. The van der Waals surface area contributed by atoms with Gasteiger partial charge in [0, 0.05) is 10.8 Å². The Morgan fingerprint density at radius 3 is 2.57 bits per heavy atom. The highest BCUT2D eigenvalue weighted by molar-refractivity contribution is 6.28. The molecule has 1 aromatic rings. The number of esters is 1. The van der Waals surface area contributed by atoms with Crippen molar-refractivity contribution in [3.05, 3.63) is 16.5 Å². The minimum Gasteiger partial charge on any atom is -0.462 e. The molecule has 4 rings (SSSR count). The third kappa shape index (κ3) is 1.90. The summed E-state index contributed by atoms with van der Waals surface area (Å²) in [6, 6.07) is 0. The molecule has 0 aromatic carbocycles. The number of ether oxygens (including phenoxy) is 1. The fourth-order valence-electron chi connectivity index (χ4n) is 3.59. The van der Waals surface area contributed by atoms with Gasteiger partial charge in [0.1, 0.15) is 11.4 Å². The molecule has 2 N–H and O–H groups in total. The molecule has 0 amide bonds. The number of nitrogens with two attached hydrogens (primary N) is 1. The van der Waals surface area contributed by atoms with Crippen LogP contribution in [0.25, 0.3) is 0 Å². The van der Waals surface area contributed by atoms with E-state index in [1.54, 1.807) is 6.92 Å². The summed E-state index contributed by atoms with van der Waals surface area (Å²) in [4.78, 5) is 19.9. The predicted octanol–water partition coefficient (Wildman–Crippen LogP) is 2.58. The van der Waals surface area contributed by atoms with E-state index in [2.05, 4.69) is 9.97 Å². The lowest BCUT2D eigenvalue weighted by Gasteiger charge is -2.69. The number of nitrogens with zero attached hydrogens (tertiary/aromatic N) is 2. The maximum absolute atomic E-state index is 13.0. The molecule has 0 atom stereocenters. The van der Waals surface area contributed by atoms with E-state index in [4.69, 9.17) is 22.1 Å². The first kappa shape index (κ1) is 14.4. The van der Waals surface area contributed by atoms with Crippen LogP contribution in [0.5, 0.6) is 0 Å². The van der Waals surface area contributed by atoms with E-state index in [0.717, 1.165) is 0 Å². The molecule has 1 aromatic heterocycles. The smallest absolute Gasteiger partial charge is 0.343 e. The van der Waals surface area contributed by atoms with Gasteiger partial charge in [-0.3, -0.25) is 0 Å². The Balaban J connectivity index is 1.98. The van der Waals surface area contributed by atoms with Gasteiger partial charge in [-0.15, -0.1) is 0 Å². The van der Waals surface area contributed by atoms with Crippen LogP contribution in [0.15, 0.2) is 0 Å². The van der Waals surface area contributed by atoms with Crippen LogP contribution in [-0.4, -0.2) is 29.0 Å². The number of anilines is 1. The summed E-state index contributed by atoms with van der Waals surface area (Å²) in [6.07, 6.45) is -1.50. The maximum atomic E-state index is 13.0. The van der Waals surface area contributed by atoms with Gasteiger partial charge in [0.2, 0.25) is 11.7 Å². The lowest BCUT2D eigenvalue weighted by Crippen LogP contribution is -2.68. The second kappa shape index (κ2) is 4.50. The van der Waals surface area contributed by atoms with Crippen LogP contribution in [0.2, 0.25) is 5.28 Å². The minimum absolute atomic E-state index is 0.0591. The number of aromatic nitrogens is 2. The van der Waals surface area contributed by atoms with Crippen molar-refractivity contribution in [3.63, 3.8) is 0 Å². The number of carbonyl (C=O) groups is 1. The second-order valence-corrected chi connectivity index (χ2v) is 6.13. The number of hydrogen-bond donors (Lipinski definition) is 1. The highest BCUT2D eigenvalue weighted by Crippen LogP contribution is 2.75. The van der Waals surface area contributed by atoms with Crippen molar-refractivity contribution in [1.82, 2.24) is 9.97 Å². The second-order valence-electron chi connectivity index (χ2n) is 5.80. The van der Waals surface area contributed by atoms with Crippen molar-refractivity contribution in [2.45, 2.75) is 38.0 Å². The highest BCUT2D eigenvalue weighted by atomic mass is 35.5. The van der Waals surface area contributed by atoms with Gasteiger partial charge in [0.25, 0.3) is 0 Å². The lowest BCUT2D eigenvalue weighted by molar-refractivity contribution is -0.223. The van der Waals surface area contributed by atoms with Crippen LogP contribution in [0, 0.1) is 5.41 Å². The topological polar surface area (TPSA) is 78.1 Å². The Labute approximate surface area is 124 Å². The molecular formula is C13H14ClF2N3O2. The minimum atomic E-state index is -2.36. The molecule has 1 heterocycles. The Morgan fingerprint density at radius 2 is 2.05 bits per heavy atom. The Bertz CT molecular complexity index is 604. The van der Waals surface area contributed by atoms with Crippen LogP contribution >= 0.6 is 11.6 Å². The van der Waals surface area contributed by atoms with Gasteiger partial charge in [-0.25, -0.2) is 23.5 Å². The summed E-state index contributed by atoms with van der Waals surface area (Å²) in [5.74, 6) is -0.711. The van der Waals surface area contributed by atoms with Crippen LogP contribution < -0.4 is 5.73 Å². The van der Waals surface area contributed by atoms with E-state index < -0.39 is 23.2 Å². The average molecular weight is 318 g/mol. The lowest BCUT2D eigenvalue weighted by atomic mass is 9.34. The predicted molar refractivity (Wildman–Crippen MR) is 71.4 cm³/mol. The van der Waals surface area contributed by atoms with Crippen LogP contribution in [0.4, 0.5) is 14.6 Å². The van der Waals surface area contributed by atoms with Crippen molar-refractivity contribution < 1.29 is 18.3 Å². The van der Waals surface area contributed by atoms with E-state index in [1.807, 2.05) is 0 Å². The molecule has 0 unspecified atom stereocenters. The Kier molecular flexibility index (Phi) is 3.09. The molecule has 0 spiro atoms. The quantitative estimate of drug-likeness (QED) is 0.682. The van der Waals surface area contributed by atoms with Crippen LogP contribution in [-0.2, 0) is 10.2 Å². The molecule has 21 heavy (non-hydrogen) atoms. The molecule has 2 bridgehead atoms. The van der Waals surface area contributed by atoms with Gasteiger partial charge in [-0.05, 0) is 37.8 Å². The zero-order chi connectivity index (χ0) is 15.4. The molecule has 5 nitrogen and oxygen atoms in total. The van der Waals surface area contributed by atoms with Crippen LogP contribution in [0.1, 0.15) is 42.2 Å². The van der Waals surface area contributed by atoms with Gasteiger partial charge in [0.05, 0.1) is 12.3 Å². The van der Waals surface area contributed by atoms with Gasteiger partial charge in [-0.1, -0.05) is 0 Å². The monoisotopic (exact) mass is 317 g/mol. The number of alkyl halides is 2. The molecule has 0 saturated heterocycles. The molecule has 3 saturated carbocycles. The molecule has 114 valence electrons. The molecule has 0 radical (unpaired) electrons. The SMILES string of the molecule is CCOC(=O)c1c(N)nc(Cl)nc1C12CC(C(F)F)(C1)C2. The van der Waals surface area contributed by atoms with Gasteiger partial charge in [0.15, 0.2) is 0 Å². The molecular weight excluding hydrogens is 304 g/mol. The van der Waals surface area contributed by atoms with Gasteiger partial charge in [-0.2, -0.15) is 0 Å².